The van der Waals surface area contributed by atoms with Crippen LogP contribution >= 0.6 is 0 Å². The second-order valence-electron chi connectivity index (χ2n) is 1.43. The molecule has 4 heteroatoms. The molecule has 0 aromatic rings. The van der Waals surface area contributed by atoms with E-state index < -0.39 is 18.2 Å². The zero-order valence-electron chi connectivity index (χ0n) is 4.54. The minimum Gasteiger partial charge on any atom is -0.480 e. The molecule has 0 rings (SSSR count). The van der Waals surface area contributed by atoms with Crippen LogP contribution in [0.5, 0.6) is 0 Å². The van der Waals surface area contributed by atoms with Crippen LogP contribution in [0.1, 0.15) is 0 Å². The Kier molecular flexibility index (Phi) is 2.68. The van der Waals surface area contributed by atoms with Gasteiger partial charge in [-0.05, 0) is 0 Å². The highest BCUT2D eigenvalue weighted by atomic mass is 19.1. The molecule has 0 spiro atoms. The van der Waals surface area contributed by atoms with E-state index in [-0.39, 0.29) is 0 Å². The molecule has 0 bridgehead atoms. The number of nitrogens with two attached hydrogens (primary N) is 1. The van der Waals surface area contributed by atoms with E-state index in [2.05, 4.69) is 6.42 Å². The Morgan fingerprint density at radius 3 is 2.44 bits per heavy atom. The maximum Gasteiger partial charge on any atom is 0.324 e. The molecule has 0 aliphatic heterocycles. The summed E-state index contributed by atoms with van der Waals surface area (Å²) in [7, 11) is 0. The molecule has 0 unspecified atom stereocenters. The maximum atomic E-state index is 12.0. The van der Waals surface area contributed by atoms with Crippen LogP contribution in [0.3, 0.4) is 0 Å². The Labute approximate surface area is 51.7 Å². The van der Waals surface area contributed by atoms with Gasteiger partial charge in [0.15, 0.2) is 6.17 Å². The molecule has 0 fully saturated rings. The lowest BCUT2D eigenvalue weighted by molar-refractivity contribution is -0.139. The van der Waals surface area contributed by atoms with E-state index in [0.717, 1.165) is 0 Å². The van der Waals surface area contributed by atoms with E-state index in [4.69, 9.17) is 10.8 Å². The minimum absolute atomic E-state index is 1.43. The number of carboxylic acid groups (broad SMARTS) is 1. The van der Waals surface area contributed by atoms with Gasteiger partial charge in [0.1, 0.15) is 6.04 Å². The molecule has 0 aliphatic rings. The van der Waals surface area contributed by atoms with Gasteiger partial charge < -0.3 is 10.8 Å². The largest absolute Gasteiger partial charge is 0.480 e. The van der Waals surface area contributed by atoms with Gasteiger partial charge in [0.2, 0.25) is 0 Å². The second-order valence-corrected chi connectivity index (χ2v) is 1.43. The van der Waals surface area contributed by atoms with Crippen molar-refractivity contribution >= 4 is 5.97 Å². The molecule has 50 valence electrons. The summed E-state index contributed by atoms with van der Waals surface area (Å²) in [6.45, 7) is 0. The SMILES string of the molecule is C#C[C@H](F)[C@@H](N)C(=O)O. The van der Waals surface area contributed by atoms with E-state index >= 15 is 0 Å². The molecule has 0 amide bonds. The molecule has 3 N–H and O–H groups in total. The summed E-state index contributed by atoms with van der Waals surface area (Å²) >= 11 is 0. The van der Waals surface area contributed by atoms with Crippen LogP contribution in [0.2, 0.25) is 0 Å². The number of aliphatic carboxylic acids is 1. The second kappa shape index (κ2) is 3.05. The average molecular weight is 131 g/mol. The number of terminal acetylenes is 1. The topological polar surface area (TPSA) is 63.3 Å². The third-order valence-electron chi connectivity index (χ3n) is 0.760. The quantitative estimate of drug-likeness (QED) is 0.490. The summed E-state index contributed by atoms with van der Waals surface area (Å²) in [5.74, 6) is 0.143. The van der Waals surface area contributed by atoms with Crippen molar-refractivity contribution in [1.29, 1.82) is 0 Å². The van der Waals surface area contributed by atoms with Crippen molar-refractivity contribution in [2.45, 2.75) is 12.2 Å². The highest BCUT2D eigenvalue weighted by Gasteiger charge is 2.20. The average Bonchev–Trinajstić information content (AvgIpc) is 1.84. The third-order valence-corrected chi connectivity index (χ3v) is 0.760. The van der Waals surface area contributed by atoms with Crippen LogP contribution in [-0.4, -0.2) is 23.3 Å². The van der Waals surface area contributed by atoms with Crippen LogP contribution in [0, 0.1) is 12.3 Å². The number of halogens is 1. The fourth-order valence-corrected chi connectivity index (χ4v) is 0.229. The maximum absolute atomic E-state index is 12.0. The van der Waals surface area contributed by atoms with Crippen molar-refractivity contribution in [2.24, 2.45) is 5.73 Å². The smallest absolute Gasteiger partial charge is 0.324 e. The van der Waals surface area contributed by atoms with Gasteiger partial charge in [0.25, 0.3) is 0 Å². The van der Waals surface area contributed by atoms with Gasteiger partial charge in [-0.25, -0.2) is 4.39 Å². The molecule has 0 aliphatic carbocycles. The normalized spacial score (nSPS) is 15.7. The summed E-state index contributed by atoms with van der Waals surface area (Å²) < 4.78 is 12.0. The molecule has 0 radical (unpaired) electrons. The fourth-order valence-electron chi connectivity index (χ4n) is 0.229. The Bertz CT molecular complexity index is 152. The van der Waals surface area contributed by atoms with Gasteiger partial charge >= 0.3 is 5.97 Å². The van der Waals surface area contributed by atoms with Crippen molar-refractivity contribution in [2.75, 3.05) is 0 Å². The minimum atomic E-state index is -1.90. The van der Waals surface area contributed by atoms with Crippen LogP contribution in [0.15, 0.2) is 0 Å². The van der Waals surface area contributed by atoms with E-state index in [1.165, 1.54) is 0 Å². The van der Waals surface area contributed by atoms with Gasteiger partial charge in [-0.15, -0.1) is 6.42 Å². The highest BCUT2D eigenvalue weighted by molar-refractivity contribution is 5.74. The first-order chi connectivity index (χ1) is 4.09. The zero-order valence-corrected chi connectivity index (χ0v) is 4.54. The highest BCUT2D eigenvalue weighted by Crippen LogP contribution is 1.93. The summed E-state index contributed by atoms with van der Waals surface area (Å²) in [6.07, 6.45) is 2.64. The van der Waals surface area contributed by atoms with Crippen LogP contribution in [-0.2, 0) is 4.79 Å². The summed E-state index contributed by atoms with van der Waals surface area (Å²) in [5.41, 5.74) is 4.75. The monoisotopic (exact) mass is 131 g/mol. The molecule has 3 nitrogen and oxygen atoms in total. The Morgan fingerprint density at radius 2 is 2.33 bits per heavy atom. The Hall–Kier alpha value is -1.08. The number of alkyl halides is 1. The van der Waals surface area contributed by atoms with Crippen LogP contribution < -0.4 is 5.73 Å². The molecular formula is C5H6FNO2. The van der Waals surface area contributed by atoms with Crippen LogP contribution in [0.4, 0.5) is 4.39 Å². The summed E-state index contributed by atoms with van der Waals surface area (Å²) in [4.78, 5) is 9.84. The summed E-state index contributed by atoms with van der Waals surface area (Å²) in [6, 6.07) is -1.60. The number of rotatable bonds is 2. The lowest BCUT2D eigenvalue weighted by atomic mass is 10.2. The first-order valence-electron chi connectivity index (χ1n) is 2.18. The number of hydrogen-bond acceptors (Lipinski definition) is 2. The first kappa shape index (κ1) is 7.92. The van der Waals surface area contributed by atoms with Crippen molar-refractivity contribution in [1.82, 2.24) is 0 Å². The standard InChI is InChI=1S/C5H6FNO2/c1-2-3(6)4(7)5(8)9/h1,3-4H,7H2,(H,8,9)/t3-,4+/m0/s1. The number of hydrogen-bond donors (Lipinski definition) is 2. The van der Waals surface area contributed by atoms with E-state index in [9.17, 15) is 9.18 Å². The predicted octanol–water partition coefficient (Wildman–Crippen LogP) is -0.630. The predicted molar refractivity (Wildman–Crippen MR) is 29.3 cm³/mol. The Balaban J connectivity index is 3.91. The lowest BCUT2D eigenvalue weighted by Crippen LogP contribution is -2.38. The van der Waals surface area contributed by atoms with Crippen molar-refractivity contribution in [3.8, 4) is 12.3 Å². The molecule has 0 saturated carbocycles. The molecule has 0 saturated heterocycles. The first-order valence-corrected chi connectivity index (χ1v) is 2.18. The van der Waals surface area contributed by atoms with Gasteiger partial charge in [-0.1, -0.05) is 5.92 Å². The molecule has 0 heterocycles. The molecule has 9 heavy (non-hydrogen) atoms. The number of carboxylic acids is 1. The molecular weight excluding hydrogens is 125 g/mol. The zero-order chi connectivity index (χ0) is 7.44. The van der Waals surface area contributed by atoms with Crippen molar-refractivity contribution in [3.05, 3.63) is 0 Å². The van der Waals surface area contributed by atoms with Crippen LogP contribution in [0.25, 0.3) is 0 Å². The summed E-state index contributed by atoms with van der Waals surface area (Å²) in [5, 5.41) is 8.02. The van der Waals surface area contributed by atoms with Gasteiger partial charge in [0.05, 0.1) is 0 Å². The fraction of sp³-hybridized carbons (Fsp3) is 0.400. The lowest BCUT2D eigenvalue weighted by Gasteiger charge is -2.03. The van der Waals surface area contributed by atoms with Gasteiger partial charge in [-0.3, -0.25) is 4.79 Å². The van der Waals surface area contributed by atoms with Crippen molar-refractivity contribution < 1.29 is 14.3 Å². The molecule has 0 aromatic carbocycles. The molecule has 0 aromatic heterocycles. The van der Waals surface area contributed by atoms with Gasteiger partial charge in [0, 0.05) is 0 Å². The molecule has 2 atom stereocenters. The van der Waals surface area contributed by atoms with Crippen molar-refractivity contribution in [3.63, 3.8) is 0 Å². The van der Waals surface area contributed by atoms with E-state index in [0.29, 0.717) is 0 Å². The Morgan fingerprint density at radius 1 is 1.89 bits per heavy atom. The third kappa shape index (κ3) is 2.11. The number of carbonyl (C=O) groups is 1. The van der Waals surface area contributed by atoms with Gasteiger partial charge in [-0.2, -0.15) is 0 Å². The van der Waals surface area contributed by atoms with E-state index in [1.54, 1.807) is 5.92 Å². The van der Waals surface area contributed by atoms with E-state index in [1.807, 2.05) is 0 Å².